The summed E-state index contributed by atoms with van der Waals surface area (Å²) in [6.07, 6.45) is -1.92. The number of nitrogens with zero attached hydrogens (tertiary/aromatic N) is 3. The van der Waals surface area contributed by atoms with Crippen molar-refractivity contribution >= 4 is 23.2 Å². The van der Waals surface area contributed by atoms with Crippen LogP contribution in [0, 0.1) is 0 Å². The fourth-order valence-electron chi connectivity index (χ4n) is 3.12. The van der Waals surface area contributed by atoms with Crippen molar-refractivity contribution in [3.63, 3.8) is 0 Å². The first-order valence-electron chi connectivity index (χ1n) is 9.46. The molecular weight excluding hydrogens is 480 g/mol. The van der Waals surface area contributed by atoms with Gasteiger partial charge in [0, 0.05) is 35.2 Å². The predicted molar refractivity (Wildman–Crippen MR) is 117 cm³/mol. The Labute approximate surface area is 196 Å². The molecule has 6 nitrogen and oxygen atoms in total. The number of nitrogens with one attached hydrogen (secondary N) is 1. The van der Waals surface area contributed by atoms with Gasteiger partial charge in [-0.1, -0.05) is 29.3 Å². The van der Waals surface area contributed by atoms with Crippen molar-refractivity contribution in [3.8, 4) is 34.1 Å². The number of hydrogen-bond acceptors (Lipinski definition) is 5. The van der Waals surface area contributed by atoms with E-state index in [9.17, 15) is 13.2 Å². The first kappa shape index (κ1) is 22.9. The Morgan fingerprint density at radius 2 is 1.88 bits per heavy atom. The zero-order valence-electron chi connectivity index (χ0n) is 17.0. The Hall–Kier alpha value is -3.30. The van der Waals surface area contributed by atoms with Crippen molar-refractivity contribution in [3.05, 3.63) is 76.4 Å². The summed E-state index contributed by atoms with van der Waals surface area (Å²) >= 11 is 12.2. The number of benzene rings is 1. The summed E-state index contributed by atoms with van der Waals surface area (Å²) in [5.41, 5.74) is 0.709. The lowest BCUT2D eigenvalue weighted by Crippen LogP contribution is -2.13. The maximum atomic E-state index is 13.1. The summed E-state index contributed by atoms with van der Waals surface area (Å²) < 4.78 is 50.5. The smallest absolute Gasteiger partial charge is 0.433 e. The van der Waals surface area contributed by atoms with Crippen LogP contribution in [0.2, 0.25) is 10.3 Å². The first-order chi connectivity index (χ1) is 15.8. The zero-order chi connectivity index (χ0) is 23.6. The van der Waals surface area contributed by atoms with Crippen molar-refractivity contribution in [2.45, 2.75) is 12.8 Å². The quantitative estimate of drug-likeness (QED) is 0.312. The summed E-state index contributed by atoms with van der Waals surface area (Å²) in [6, 6.07) is 10.9. The van der Waals surface area contributed by atoms with E-state index in [0.29, 0.717) is 39.3 Å². The lowest BCUT2D eigenvalue weighted by atomic mass is 10.1. The molecular formula is C22H15Cl2F3N4O2. The Morgan fingerprint density at radius 3 is 2.58 bits per heavy atom. The van der Waals surface area contributed by atoms with E-state index in [2.05, 4.69) is 19.9 Å². The lowest BCUT2D eigenvalue weighted by molar-refractivity contribution is -0.142. The minimum absolute atomic E-state index is 0.0779. The second-order valence-electron chi connectivity index (χ2n) is 6.78. The number of H-pyrrole nitrogens is 1. The van der Waals surface area contributed by atoms with Crippen LogP contribution in [0.3, 0.4) is 0 Å². The maximum absolute atomic E-state index is 13.1. The highest BCUT2D eigenvalue weighted by molar-refractivity contribution is 6.32. The highest BCUT2D eigenvalue weighted by atomic mass is 35.5. The molecule has 33 heavy (non-hydrogen) atoms. The summed E-state index contributed by atoms with van der Waals surface area (Å²) in [5, 5.41) is 0.555. The molecule has 0 saturated carbocycles. The molecule has 3 heterocycles. The van der Waals surface area contributed by atoms with E-state index in [-0.39, 0.29) is 17.3 Å². The van der Waals surface area contributed by atoms with Crippen LogP contribution in [0.1, 0.15) is 11.3 Å². The number of halogens is 5. The molecule has 11 heteroatoms. The number of hydrogen-bond donors (Lipinski definition) is 1. The number of methoxy groups -OCH3 is 1. The van der Waals surface area contributed by atoms with E-state index in [4.69, 9.17) is 32.7 Å². The van der Waals surface area contributed by atoms with Crippen LogP contribution in [0.4, 0.5) is 13.2 Å². The van der Waals surface area contributed by atoms with Crippen LogP contribution in [0.5, 0.6) is 11.5 Å². The number of alkyl halides is 3. The Morgan fingerprint density at radius 1 is 1.06 bits per heavy atom. The van der Waals surface area contributed by atoms with E-state index < -0.39 is 11.9 Å². The normalized spacial score (nSPS) is 11.5. The molecule has 0 amide bonds. The monoisotopic (exact) mass is 494 g/mol. The van der Waals surface area contributed by atoms with Gasteiger partial charge in [-0.25, -0.2) is 9.97 Å². The Balaban J connectivity index is 1.59. The minimum atomic E-state index is -4.57. The van der Waals surface area contributed by atoms with Gasteiger partial charge in [0.15, 0.2) is 10.8 Å². The molecule has 4 rings (SSSR count). The van der Waals surface area contributed by atoms with Crippen LogP contribution in [-0.2, 0) is 12.8 Å². The van der Waals surface area contributed by atoms with Crippen molar-refractivity contribution in [2.24, 2.45) is 0 Å². The lowest BCUT2D eigenvalue weighted by Gasteiger charge is -2.14. The van der Waals surface area contributed by atoms with E-state index in [0.717, 1.165) is 6.20 Å². The molecule has 1 N–H and O–H groups in total. The van der Waals surface area contributed by atoms with Gasteiger partial charge >= 0.3 is 6.18 Å². The molecule has 0 aliphatic carbocycles. The van der Waals surface area contributed by atoms with Crippen molar-refractivity contribution in [1.82, 2.24) is 19.9 Å². The topological polar surface area (TPSA) is 72.9 Å². The van der Waals surface area contributed by atoms with Gasteiger partial charge in [0.1, 0.15) is 29.1 Å². The largest absolute Gasteiger partial charge is 0.496 e. The fourth-order valence-corrected chi connectivity index (χ4v) is 3.47. The fraction of sp³-hybridized carbons (Fsp3) is 0.136. The standard InChI is InChI=1S/C22H15Cl2F3N4O2/c1-32-16-9-14(33-11-13-3-2-8-28-19(13)22(25,26)27)5-6-15(16)18-20(24)31-21(30-18)12-4-7-17(23)29-10-12/h2-10H,11H2,1H3,(H,30,31). The highest BCUT2D eigenvalue weighted by Crippen LogP contribution is 2.38. The third-order valence-corrected chi connectivity index (χ3v) is 5.15. The zero-order valence-corrected chi connectivity index (χ0v) is 18.5. The summed E-state index contributed by atoms with van der Waals surface area (Å²) in [4.78, 5) is 14.9. The third kappa shape index (κ3) is 5.04. The molecule has 0 aliphatic heterocycles. The Kier molecular flexibility index (Phi) is 6.44. The van der Waals surface area contributed by atoms with Crippen LogP contribution in [-0.4, -0.2) is 27.0 Å². The molecule has 4 aromatic rings. The van der Waals surface area contributed by atoms with Gasteiger partial charge in [0.25, 0.3) is 0 Å². The predicted octanol–water partition coefficient (Wildman–Crippen LogP) is 6.45. The molecule has 0 saturated heterocycles. The third-order valence-electron chi connectivity index (χ3n) is 4.66. The van der Waals surface area contributed by atoms with Gasteiger partial charge in [-0.2, -0.15) is 13.2 Å². The molecule has 0 unspecified atom stereocenters. The number of rotatable bonds is 6. The average Bonchev–Trinajstić information content (AvgIpc) is 3.18. The second-order valence-corrected chi connectivity index (χ2v) is 7.53. The van der Waals surface area contributed by atoms with Gasteiger partial charge in [0.05, 0.1) is 12.8 Å². The molecule has 170 valence electrons. The molecule has 0 atom stereocenters. The second kappa shape index (κ2) is 9.29. The number of pyridine rings is 2. The highest BCUT2D eigenvalue weighted by Gasteiger charge is 2.35. The van der Waals surface area contributed by atoms with Crippen LogP contribution in [0.15, 0.2) is 54.9 Å². The molecule has 0 aliphatic rings. The van der Waals surface area contributed by atoms with E-state index in [1.165, 1.54) is 19.2 Å². The van der Waals surface area contributed by atoms with Crippen LogP contribution >= 0.6 is 23.2 Å². The molecule has 1 aromatic carbocycles. The molecule has 0 spiro atoms. The molecule has 3 aromatic heterocycles. The molecule has 0 bridgehead atoms. The summed E-state index contributed by atoms with van der Waals surface area (Å²) in [5.74, 6) is 1.18. The van der Waals surface area contributed by atoms with Crippen molar-refractivity contribution < 1.29 is 22.6 Å². The van der Waals surface area contributed by atoms with Crippen LogP contribution < -0.4 is 9.47 Å². The van der Waals surface area contributed by atoms with Gasteiger partial charge in [-0.15, -0.1) is 0 Å². The first-order valence-corrected chi connectivity index (χ1v) is 10.2. The van der Waals surface area contributed by atoms with Crippen molar-refractivity contribution in [2.75, 3.05) is 7.11 Å². The van der Waals surface area contributed by atoms with Gasteiger partial charge in [-0.3, -0.25) is 4.98 Å². The van der Waals surface area contributed by atoms with Crippen molar-refractivity contribution in [1.29, 1.82) is 0 Å². The van der Waals surface area contributed by atoms with Gasteiger partial charge < -0.3 is 14.5 Å². The summed E-state index contributed by atoms with van der Waals surface area (Å²) in [7, 11) is 1.46. The number of aromatic nitrogens is 4. The minimum Gasteiger partial charge on any atom is -0.496 e. The summed E-state index contributed by atoms with van der Waals surface area (Å²) in [6.45, 7) is -0.316. The molecule has 0 radical (unpaired) electrons. The van der Waals surface area contributed by atoms with Crippen LogP contribution in [0.25, 0.3) is 22.6 Å². The maximum Gasteiger partial charge on any atom is 0.433 e. The number of ether oxygens (including phenoxy) is 2. The van der Waals surface area contributed by atoms with Gasteiger partial charge in [0.2, 0.25) is 0 Å². The Bertz CT molecular complexity index is 1280. The SMILES string of the molecule is COc1cc(OCc2cccnc2C(F)(F)F)ccc1-c1[nH]c(-c2ccc(Cl)nc2)nc1Cl. The number of imidazole rings is 1. The molecule has 0 fully saturated rings. The van der Waals surface area contributed by atoms with E-state index in [1.807, 2.05) is 0 Å². The van der Waals surface area contributed by atoms with Gasteiger partial charge in [-0.05, 0) is 30.3 Å². The van der Waals surface area contributed by atoms with E-state index in [1.54, 1.807) is 36.5 Å². The average molecular weight is 495 g/mol. The number of aromatic amines is 1. The van der Waals surface area contributed by atoms with E-state index >= 15 is 0 Å².